The van der Waals surface area contributed by atoms with E-state index in [2.05, 4.69) is 4.72 Å². The Morgan fingerprint density at radius 1 is 1.04 bits per heavy atom. The van der Waals surface area contributed by atoms with E-state index in [1.807, 2.05) is 13.8 Å². The van der Waals surface area contributed by atoms with Crippen LogP contribution in [0.25, 0.3) is 0 Å². The summed E-state index contributed by atoms with van der Waals surface area (Å²) in [6.45, 7) is 3.86. The SMILES string of the molecule is COc1ccc(C(C)C)cc1S(=O)(=O)Nc1ccc(F)c(F)c1. The Kier molecular flexibility index (Phi) is 4.89. The second kappa shape index (κ2) is 6.54. The molecule has 0 heterocycles. The number of nitrogens with one attached hydrogen (secondary N) is 1. The monoisotopic (exact) mass is 341 g/mol. The first kappa shape index (κ1) is 17.2. The van der Waals surface area contributed by atoms with E-state index in [0.717, 1.165) is 23.8 Å². The summed E-state index contributed by atoms with van der Waals surface area (Å²) >= 11 is 0. The van der Waals surface area contributed by atoms with Gasteiger partial charge in [-0.1, -0.05) is 19.9 Å². The highest BCUT2D eigenvalue weighted by molar-refractivity contribution is 7.92. The van der Waals surface area contributed by atoms with Gasteiger partial charge in [0.1, 0.15) is 10.6 Å². The Bertz CT molecular complexity index is 820. The summed E-state index contributed by atoms with van der Waals surface area (Å²) in [5.74, 6) is -1.89. The fourth-order valence-corrected chi connectivity index (χ4v) is 3.29. The van der Waals surface area contributed by atoms with Crippen LogP contribution in [-0.4, -0.2) is 15.5 Å². The van der Waals surface area contributed by atoms with Crippen LogP contribution in [0.1, 0.15) is 25.3 Å². The predicted molar refractivity (Wildman–Crippen MR) is 84.2 cm³/mol. The number of hydrogen-bond donors (Lipinski definition) is 1. The van der Waals surface area contributed by atoms with E-state index in [-0.39, 0.29) is 22.3 Å². The molecule has 0 aliphatic heterocycles. The normalized spacial score (nSPS) is 11.6. The van der Waals surface area contributed by atoms with Crippen molar-refractivity contribution in [3.63, 3.8) is 0 Å². The first-order valence-corrected chi connectivity index (χ1v) is 8.38. The predicted octanol–water partition coefficient (Wildman–Crippen LogP) is 3.90. The molecule has 0 unspecified atom stereocenters. The molecule has 0 aliphatic carbocycles. The van der Waals surface area contributed by atoms with Gasteiger partial charge in [-0.2, -0.15) is 0 Å². The topological polar surface area (TPSA) is 55.4 Å². The van der Waals surface area contributed by atoms with Crippen molar-refractivity contribution in [3.8, 4) is 5.75 Å². The highest BCUT2D eigenvalue weighted by Gasteiger charge is 2.21. The average molecular weight is 341 g/mol. The van der Waals surface area contributed by atoms with E-state index in [0.29, 0.717) is 0 Å². The zero-order chi connectivity index (χ0) is 17.2. The molecular formula is C16H17F2NO3S. The standard InChI is InChI=1S/C16H17F2NO3S/c1-10(2)11-4-7-15(22-3)16(8-11)23(20,21)19-12-5-6-13(17)14(18)9-12/h4-10,19H,1-3H3. The molecule has 2 aromatic rings. The Morgan fingerprint density at radius 3 is 2.30 bits per heavy atom. The summed E-state index contributed by atoms with van der Waals surface area (Å²) in [4.78, 5) is -0.0593. The number of halogens is 2. The summed E-state index contributed by atoms with van der Waals surface area (Å²) in [6, 6.07) is 7.64. The van der Waals surface area contributed by atoms with Crippen molar-refractivity contribution >= 4 is 15.7 Å². The number of sulfonamides is 1. The number of hydrogen-bond acceptors (Lipinski definition) is 3. The smallest absolute Gasteiger partial charge is 0.265 e. The van der Waals surface area contributed by atoms with Crippen molar-refractivity contribution in [3.05, 3.63) is 53.6 Å². The van der Waals surface area contributed by atoms with Gasteiger partial charge in [0.05, 0.1) is 12.8 Å². The summed E-state index contributed by atoms with van der Waals surface area (Å²) in [6.07, 6.45) is 0. The number of benzene rings is 2. The van der Waals surface area contributed by atoms with Crippen LogP contribution >= 0.6 is 0 Å². The van der Waals surface area contributed by atoms with Crippen molar-refractivity contribution in [2.24, 2.45) is 0 Å². The number of anilines is 1. The largest absolute Gasteiger partial charge is 0.495 e. The van der Waals surface area contributed by atoms with Gasteiger partial charge in [-0.15, -0.1) is 0 Å². The first-order valence-electron chi connectivity index (χ1n) is 6.90. The molecule has 7 heteroatoms. The zero-order valence-corrected chi connectivity index (χ0v) is 13.7. The summed E-state index contributed by atoms with van der Waals surface area (Å²) < 4.78 is 58.6. The highest BCUT2D eigenvalue weighted by atomic mass is 32.2. The van der Waals surface area contributed by atoms with Crippen LogP contribution in [0.5, 0.6) is 5.75 Å². The third-order valence-corrected chi connectivity index (χ3v) is 4.72. The molecule has 0 spiro atoms. The lowest BCUT2D eigenvalue weighted by Crippen LogP contribution is -2.15. The fourth-order valence-electron chi connectivity index (χ4n) is 2.03. The minimum absolute atomic E-state index is 0.0593. The van der Waals surface area contributed by atoms with Crippen molar-refractivity contribution in [2.75, 3.05) is 11.8 Å². The van der Waals surface area contributed by atoms with Gasteiger partial charge in [-0.3, -0.25) is 4.72 Å². The van der Waals surface area contributed by atoms with Gasteiger partial charge in [-0.05, 0) is 35.7 Å². The molecule has 0 aliphatic rings. The minimum atomic E-state index is -4.01. The third-order valence-electron chi connectivity index (χ3n) is 3.32. The number of ether oxygens (including phenoxy) is 1. The second-order valence-electron chi connectivity index (χ2n) is 5.30. The van der Waals surface area contributed by atoms with Crippen LogP contribution in [0.4, 0.5) is 14.5 Å². The van der Waals surface area contributed by atoms with E-state index < -0.39 is 21.7 Å². The van der Waals surface area contributed by atoms with E-state index >= 15 is 0 Å². The molecule has 124 valence electrons. The Morgan fingerprint density at radius 2 is 1.74 bits per heavy atom. The third kappa shape index (κ3) is 3.79. The zero-order valence-electron chi connectivity index (χ0n) is 12.9. The van der Waals surface area contributed by atoms with E-state index in [9.17, 15) is 17.2 Å². The van der Waals surface area contributed by atoms with E-state index in [4.69, 9.17) is 4.74 Å². The Balaban J connectivity index is 2.45. The van der Waals surface area contributed by atoms with Crippen LogP contribution in [0.2, 0.25) is 0 Å². The molecule has 23 heavy (non-hydrogen) atoms. The van der Waals surface area contributed by atoms with Crippen molar-refractivity contribution in [1.82, 2.24) is 0 Å². The van der Waals surface area contributed by atoms with E-state index in [1.54, 1.807) is 12.1 Å². The molecule has 0 radical (unpaired) electrons. The van der Waals surface area contributed by atoms with Gasteiger partial charge in [0, 0.05) is 6.07 Å². The summed E-state index contributed by atoms with van der Waals surface area (Å²) in [7, 11) is -2.64. The number of methoxy groups -OCH3 is 1. The van der Waals surface area contributed by atoms with Gasteiger partial charge in [0.25, 0.3) is 10.0 Å². The van der Waals surface area contributed by atoms with Gasteiger partial charge >= 0.3 is 0 Å². The van der Waals surface area contributed by atoms with Crippen molar-refractivity contribution in [2.45, 2.75) is 24.7 Å². The quantitative estimate of drug-likeness (QED) is 0.897. The lowest BCUT2D eigenvalue weighted by atomic mass is 10.0. The maximum Gasteiger partial charge on any atom is 0.265 e. The summed E-state index contributed by atoms with van der Waals surface area (Å²) in [5, 5.41) is 0. The maximum absolute atomic E-state index is 13.2. The van der Waals surface area contributed by atoms with Gasteiger partial charge in [-0.25, -0.2) is 17.2 Å². The van der Waals surface area contributed by atoms with Gasteiger partial charge < -0.3 is 4.74 Å². The van der Waals surface area contributed by atoms with E-state index in [1.165, 1.54) is 13.2 Å². The molecule has 0 fully saturated rings. The van der Waals surface area contributed by atoms with Crippen LogP contribution in [0, 0.1) is 11.6 Å². The molecule has 2 rings (SSSR count). The molecule has 1 N–H and O–H groups in total. The average Bonchev–Trinajstić information content (AvgIpc) is 2.50. The molecule has 4 nitrogen and oxygen atoms in total. The molecule has 2 aromatic carbocycles. The highest BCUT2D eigenvalue weighted by Crippen LogP contribution is 2.29. The minimum Gasteiger partial charge on any atom is -0.495 e. The molecule has 0 saturated carbocycles. The Labute approximate surface area is 134 Å². The second-order valence-corrected chi connectivity index (χ2v) is 6.95. The summed E-state index contributed by atoms with van der Waals surface area (Å²) in [5.41, 5.74) is 0.748. The molecular weight excluding hydrogens is 324 g/mol. The molecule has 0 amide bonds. The first-order chi connectivity index (χ1) is 10.7. The van der Waals surface area contributed by atoms with Gasteiger partial charge in [0.2, 0.25) is 0 Å². The lowest BCUT2D eigenvalue weighted by molar-refractivity contribution is 0.402. The van der Waals surface area contributed by atoms with Crippen molar-refractivity contribution < 1.29 is 21.9 Å². The Hall–Kier alpha value is -2.15. The number of rotatable bonds is 5. The van der Waals surface area contributed by atoms with Crippen LogP contribution in [-0.2, 0) is 10.0 Å². The van der Waals surface area contributed by atoms with Crippen LogP contribution in [0.15, 0.2) is 41.3 Å². The molecule has 0 bridgehead atoms. The van der Waals surface area contributed by atoms with Crippen molar-refractivity contribution in [1.29, 1.82) is 0 Å². The lowest BCUT2D eigenvalue weighted by Gasteiger charge is -2.14. The maximum atomic E-state index is 13.2. The van der Waals surface area contributed by atoms with Crippen LogP contribution < -0.4 is 9.46 Å². The molecule has 0 atom stereocenters. The van der Waals surface area contributed by atoms with Crippen LogP contribution in [0.3, 0.4) is 0 Å². The molecule has 0 saturated heterocycles. The fraction of sp³-hybridized carbons (Fsp3) is 0.250. The van der Waals surface area contributed by atoms with Gasteiger partial charge in [0.15, 0.2) is 11.6 Å². The molecule has 0 aromatic heterocycles.